The first-order valence-corrected chi connectivity index (χ1v) is 6.06. The Kier molecular flexibility index (Phi) is 3.80. The Balaban J connectivity index is 2.16. The summed E-state index contributed by atoms with van der Waals surface area (Å²) >= 11 is 0. The Bertz CT molecular complexity index is 609. The van der Waals surface area contributed by atoms with Gasteiger partial charge < -0.3 is 10.4 Å². The zero-order valence-corrected chi connectivity index (χ0v) is 11.0. The standard InChI is InChI=1S/C15H16N2O2/c1-10-5-3-4-6-12(10)9-16-14-8-13(15(18)19)7-11(2)17-14/h3-8H,9H2,1-2H3,(H,16,17)(H,18,19). The molecular formula is C15H16N2O2. The average molecular weight is 256 g/mol. The first-order valence-electron chi connectivity index (χ1n) is 6.06. The number of rotatable bonds is 4. The van der Waals surface area contributed by atoms with Gasteiger partial charge in [0, 0.05) is 12.2 Å². The van der Waals surface area contributed by atoms with E-state index in [4.69, 9.17) is 5.11 Å². The fourth-order valence-corrected chi connectivity index (χ4v) is 1.88. The van der Waals surface area contributed by atoms with Crippen LogP contribution in [0.15, 0.2) is 36.4 Å². The number of carbonyl (C=O) groups is 1. The van der Waals surface area contributed by atoms with Gasteiger partial charge in [-0.3, -0.25) is 0 Å². The molecule has 0 radical (unpaired) electrons. The second kappa shape index (κ2) is 5.52. The van der Waals surface area contributed by atoms with Crippen molar-refractivity contribution in [3.63, 3.8) is 0 Å². The fourth-order valence-electron chi connectivity index (χ4n) is 1.88. The van der Waals surface area contributed by atoms with Crippen molar-refractivity contribution in [1.82, 2.24) is 4.98 Å². The van der Waals surface area contributed by atoms with E-state index in [2.05, 4.69) is 10.3 Å². The van der Waals surface area contributed by atoms with E-state index in [1.165, 1.54) is 11.1 Å². The number of aromatic carboxylic acids is 1. The second-order valence-electron chi connectivity index (χ2n) is 4.47. The van der Waals surface area contributed by atoms with Crippen LogP contribution in [-0.2, 0) is 6.54 Å². The highest BCUT2D eigenvalue weighted by atomic mass is 16.4. The maximum atomic E-state index is 11.0. The van der Waals surface area contributed by atoms with E-state index in [1.807, 2.05) is 31.2 Å². The highest BCUT2D eigenvalue weighted by Crippen LogP contribution is 2.13. The number of aryl methyl sites for hydroxylation is 2. The Morgan fingerprint density at radius 3 is 2.68 bits per heavy atom. The van der Waals surface area contributed by atoms with Crippen LogP contribution in [0.2, 0.25) is 0 Å². The predicted molar refractivity (Wildman–Crippen MR) is 74.4 cm³/mol. The third kappa shape index (κ3) is 3.31. The van der Waals surface area contributed by atoms with E-state index in [1.54, 1.807) is 19.1 Å². The van der Waals surface area contributed by atoms with E-state index < -0.39 is 5.97 Å². The third-order valence-electron chi connectivity index (χ3n) is 2.92. The summed E-state index contributed by atoms with van der Waals surface area (Å²) in [6.45, 7) is 4.46. The van der Waals surface area contributed by atoms with Crippen LogP contribution in [-0.4, -0.2) is 16.1 Å². The van der Waals surface area contributed by atoms with Gasteiger partial charge >= 0.3 is 5.97 Å². The maximum Gasteiger partial charge on any atom is 0.335 e. The summed E-state index contributed by atoms with van der Waals surface area (Å²) < 4.78 is 0. The van der Waals surface area contributed by atoms with Crippen molar-refractivity contribution in [1.29, 1.82) is 0 Å². The lowest BCUT2D eigenvalue weighted by Gasteiger charge is -2.09. The Hall–Kier alpha value is -2.36. The minimum absolute atomic E-state index is 0.250. The predicted octanol–water partition coefficient (Wildman–Crippen LogP) is 3.01. The van der Waals surface area contributed by atoms with Gasteiger partial charge in [-0.05, 0) is 37.1 Å². The molecule has 0 unspecified atom stereocenters. The molecule has 1 aromatic heterocycles. The number of carboxylic acid groups (broad SMARTS) is 1. The minimum Gasteiger partial charge on any atom is -0.478 e. The lowest BCUT2D eigenvalue weighted by Crippen LogP contribution is -2.06. The van der Waals surface area contributed by atoms with E-state index in [-0.39, 0.29) is 5.56 Å². The number of hydrogen-bond acceptors (Lipinski definition) is 3. The van der Waals surface area contributed by atoms with Crippen LogP contribution in [0.3, 0.4) is 0 Å². The zero-order valence-electron chi connectivity index (χ0n) is 11.0. The minimum atomic E-state index is -0.940. The number of nitrogens with zero attached hydrogens (tertiary/aromatic N) is 1. The van der Waals surface area contributed by atoms with E-state index in [0.29, 0.717) is 18.1 Å². The van der Waals surface area contributed by atoms with Crippen LogP contribution in [0.1, 0.15) is 27.2 Å². The summed E-state index contributed by atoms with van der Waals surface area (Å²) in [6.07, 6.45) is 0. The van der Waals surface area contributed by atoms with Crippen LogP contribution in [0.25, 0.3) is 0 Å². The summed E-state index contributed by atoms with van der Waals surface area (Å²) in [5.74, 6) is -0.356. The van der Waals surface area contributed by atoms with Crippen molar-refractivity contribution < 1.29 is 9.90 Å². The monoisotopic (exact) mass is 256 g/mol. The van der Waals surface area contributed by atoms with Gasteiger partial charge in [0.1, 0.15) is 5.82 Å². The van der Waals surface area contributed by atoms with Crippen LogP contribution in [0.4, 0.5) is 5.82 Å². The number of nitrogens with one attached hydrogen (secondary N) is 1. The molecule has 4 nitrogen and oxygen atoms in total. The number of aromatic nitrogens is 1. The fraction of sp³-hybridized carbons (Fsp3) is 0.200. The molecule has 2 N–H and O–H groups in total. The van der Waals surface area contributed by atoms with E-state index >= 15 is 0 Å². The van der Waals surface area contributed by atoms with E-state index in [0.717, 1.165) is 0 Å². The van der Waals surface area contributed by atoms with Gasteiger partial charge in [-0.1, -0.05) is 24.3 Å². The van der Waals surface area contributed by atoms with Crippen molar-refractivity contribution in [3.05, 3.63) is 58.8 Å². The molecule has 4 heteroatoms. The molecular weight excluding hydrogens is 240 g/mol. The summed E-state index contributed by atoms with van der Waals surface area (Å²) in [6, 6.07) is 11.2. The molecule has 19 heavy (non-hydrogen) atoms. The topological polar surface area (TPSA) is 62.2 Å². The molecule has 0 spiro atoms. The summed E-state index contributed by atoms with van der Waals surface area (Å²) in [4.78, 5) is 15.3. The van der Waals surface area contributed by atoms with E-state index in [9.17, 15) is 4.79 Å². The number of pyridine rings is 1. The average Bonchev–Trinajstić information content (AvgIpc) is 2.37. The third-order valence-corrected chi connectivity index (χ3v) is 2.92. The first-order chi connectivity index (χ1) is 9.06. The van der Waals surface area contributed by atoms with Gasteiger partial charge in [0.05, 0.1) is 5.56 Å². The molecule has 1 aromatic carbocycles. The van der Waals surface area contributed by atoms with Crippen LogP contribution < -0.4 is 5.32 Å². The van der Waals surface area contributed by atoms with Crippen LogP contribution in [0, 0.1) is 13.8 Å². The maximum absolute atomic E-state index is 11.0. The van der Waals surface area contributed by atoms with Gasteiger partial charge in [0.15, 0.2) is 0 Å². The van der Waals surface area contributed by atoms with Crippen molar-refractivity contribution in [2.24, 2.45) is 0 Å². The molecule has 2 rings (SSSR count). The lowest BCUT2D eigenvalue weighted by molar-refractivity contribution is 0.0696. The molecule has 0 bridgehead atoms. The Labute approximate surface area is 112 Å². The van der Waals surface area contributed by atoms with Crippen LogP contribution >= 0.6 is 0 Å². The summed E-state index contributed by atoms with van der Waals surface area (Å²) in [5.41, 5.74) is 3.30. The molecule has 0 aliphatic carbocycles. The molecule has 0 fully saturated rings. The lowest BCUT2D eigenvalue weighted by atomic mass is 10.1. The number of hydrogen-bond donors (Lipinski definition) is 2. The molecule has 0 aliphatic rings. The largest absolute Gasteiger partial charge is 0.478 e. The number of carboxylic acids is 1. The molecule has 0 amide bonds. The molecule has 98 valence electrons. The number of anilines is 1. The Morgan fingerprint density at radius 2 is 2.00 bits per heavy atom. The molecule has 0 saturated carbocycles. The number of benzene rings is 1. The van der Waals surface area contributed by atoms with Gasteiger partial charge in [-0.2, -0.15) is 0 Å². The van der Waals surface area contributed by atoms with Crippen molar-refractivity contribution >= 4 is 11.8 Å². The van der Waals surface area contributed by atoms with Crippen molar-refractivity contribution in [2.45, 2.75) is 20.4 Å². The highest BCUT2D eigenvalue weighted by molar-refractivity contribution is 5.88. The van der Waals surface area contributed by atoms with Gasteiger partial charge in [-0.25, -0.2) is 9.78 Å². The van der Waals surface area contributed by atoms with Gasteiger partial charge in [0.25, 0.3) is 0 Å². The zero-order chi connectivity index (χ0) is 13.8. The smallest absolute Gasteiger partial charge is 0.335 e. The Morgan fingerprint density at radius 1 is 1.26 bits per heavy atom. The second-order valence-corrected chi connectivity index (χ2v) is 4.47. The molecule has 0 aliphatic heterocycles. The SMILES string of the molecule is Cc1cc(C(=O)O)cc(NCc2ccccc2C)n1. The van der Waals surface area contributed by atoms with Crippen molar-refractivity contribution in [3.8, 4) is 0 Å². The quantitative estimate of drug-likeness (QED) is 0.882. The summed E-state index contributed by atoms with van der Waals surface area (Å²) in [7, 11) is 0. The highest BCUT2D eigenvalue weighted by Gasteiger charge is 2.06. The van der Waals surface area contributed by atoms with Crippen LogP contribution in [0.5, 0.6) is 0 Å². The molecule has 0 atom stereocenters. The molecule has 1 heterocycles. The van der Waals surface area contributed by atoms with Gasteiger partial charge in [-0.15, -0.1) is 0 Å². The molecule has 0 saturated heterocycles. The summed E-state index contributed by atoms with van der Waals surface area (Å²) in [5, 5.41) is 12.2. The first kappa shape index (κ1) is 13.1. The normalized spacial score (nSPS) is 10.2. The van der Waals surface area contributed by atoms with Gasteiger partial charge in [0.2, 0.25) is 0 Å². The van der Waals surface area contributed by atoms with Crippen molar-refractivity contribution in [2.75, 3.05) is 5.32 Å². The molecule has 2 aromatic rings.